The number of carboxylic acid groups (broad SMARTS) is 1. The molecule has 0 amide bonds. The van der Waals surface area contributed by atoms with E-state index in [9.17, 15) is 24.4 Å². The Hall–Kier alpha value is -2.06. The van der Waals surface area contributed by atoms with Gasteiger partial charge in [-0.1, -0.05) is 6.07 Å². The Labute approximate surface area is 94.4 Å². The summed E-state index contributed by atoms with van der Waals surface area (Å²) in [5.74, 6) is -2.54. The van der Waals surface area contributed by atoms with Crippen molar-refractivity contribution in [3.63, 3.8) is 0 Å². The number of hydrogen-bond acceptors (Lipinski definition) is 5. The standard InChI is InChI=1S/C9H9FN2O5/c10-5-2-1-4(3-6(5)12(16)17)8(13)7(11)9(14)15/h1-3,7-8,13H,11H2,(H,14,15)/t7-,8+/m0/s1. The Morgan fingerprint density at radius 2 is 2.12 bits per heavy atom. The van der Waals surface area contributed by atoms with Gasteiger partial charge in [0.2, 0.25) is 5.82 Å². The Morgan fingerprint density at radius 3 is 2.59 bits per heavy atom. The molecule has 0 spiro atoms. The van der Waals surface area contributed by atoms with Crippen LogP contribution in [0.2, 0.25) is 0 Å². The molecule has 8 heteroatoms. The lowest BCUT2D eigenvalue weighted by Crippen LogP contribution is -2.36. The number of nitro benzene ring substituents is 1. The minimum atomic E-state index is -1.65. The molecular formula is C9H9FN2O5. The smallest absolute Gasteiger partial charge is 0.323 e. The minimum Gasteiger partial charge on any atom is -0.480 e. The highest BCUT2D eigenvalue weighted by Crippen LogP contribution is 2.24. The van der Waals surface area contributed by atoms with Crippen LogP contribution in [-0.2, 0) is 4.79 Å². The van der Waals surface area contributed by atoms with Crippen LogP contribution < -0.4 is 5.73 Å². The third kappa shape index (κ3) is 2.74. The number of nitrogens with two attached hydrogens (primary N) is 1. The lowest BCUT2D eigenvalue weighted by atomic mass is 10.0. The summed E-state index contributed by atoms with van der Waals surface area (Å²) in [4.78, 5) is 20.0. The van der Waals surface area contributed by atoms with Gasteiger partial charge >= 0.3 is 11.7 Å². The lowest BCUT2D eigenvalue weighted by Gasteiger charge is -2.14. The summed E-state index contributed by atoms with van der Waals surface area (Å²) in [6, 6.07) is 0.921. The molecule has 1 aromatic rings. The summed E-state index contributed by atoms with van der Waals surface area (Å²) in [7, 11) is 0. The molecule has 0 saturated heterocycles. The minimum absolute atomic E-state index is 0.131. The third-order valence-electron chi connectivity index (χ3n) is 2.13. The molecule has 7 nitrogen and oxygen atoms in total. The summed E-state index contributed by atoms with van der Waals surface area (Å²) >= 11 is 0. The predicted octanol–water partition coefficient (Wildman–Crippen LogP) is 0.179. The second-order valence-electron chi connectivity index (χ2n) is 3.28. The number of nitrogens with zero attached hydrogens (tertiary/aromatic N) is 1. The molecule has 0 saturated carbocycles. The molecule has 0 aliphatic rings. The fourth-order valence-corrected chi connectivity index (χ4v) is 1.20. The average Bonchev–Trinajstić information content (AvgIpc) is 2.27. The van der Waals surface area contributed by atoms with Gasteiger partial charge in [0.25, 0.3) is 0 Å². The second-order valence-corrected chi connectivity index (χ2v) is 3.28. The molecule has 17 heavy (non-hydrogen) atoms. The van der Waals surface area contributed by atoms with Crippen molar-refractivity contribution in [1.29, 1.82) is 0 Å². The van der Waals surface area contributed by atoms with E-state index in [1.54, 1.807) is 0 Å². The van der Waals surface area contributed by atoms with Gasteiger partial charge in [-0.2, -0.15) is 4.39 Å². The van der Waals surface area contributed by atoms with E-state index in [0.717, 1.165) is 18.2 Å². The first-order valence-electron chi connectivity index (χ1n) is 4.45. The number of carboxylic acids is 1. The number of hydrogen-bond donors (Lipinski definition) is 3. The van der Waals surface area contributed by atoms with Crippen LogP contribution in [0.4, 0.5) is 10.1 Å². The molecular weight excluding hydrogens is 235 g/mol. The van der Waals surface area contributed by atoms with E-state index in [2.05, 4.69) is 0 Å². The number of rotatable bonds is 4. The zero-order valence-electron chi connectivity index (χ0n) is 8.41. The van der Waals surface area contributed by atoms with Gasteiger partial charge in [0.15, 0.2) is 0 Å². The van der Waals surface area contributed by atoms with Gasteiger partial charge in [-0.25, -0.2) is 0 Å². The second kappa shape index (κ2) is 4.85. The highest BCUT2D eigenvalue weighted by atomic mass is 19.1. The lowest BCUT2D eigenvalue weighted by molar-refractivity contribution is -0.387. The van der Waals surface area contributed by atoms with Crippen LogP contribution in [0.1, 0.15) is 11.7 Å². The van der Waals surface area contributed by atoms with Gasteiger partial charge in [-0.15, -0.1) is 0 Å². The van der Waals surface area contributed by atoms with Crippen LogP contribution in [0, 0.1) is 15.9 Å². The molecule has 0 aromatic heterocycles. The molecule has 2 atom stereocenters. The molecule has 0 aliphatic carbocycles. The summed E-state index contributed by atoms with van der Waals surface area (Å²) in [6.45, 7) is 0. The molecule has 0 aliphatic heterocycles. The van der Waals surface area contributed by atoms with Crippen molar-refractivity contribution < 1.29 is 24.3 Å². The Bertz CT molecular complexity index is 465. The van der Waals surface area contributed by atoms with Gasteiger partial charge in [-0.05, 0) is 11.6 Å². The van der Waals surface area contributed by atoms with E-state index in [4.69, 9.17) is 10.8 Å². The average molecular weight is 244 g/mol. The van der Waals surface area contributed by atoms with Gasteiger partial charge < -0.3 is 15.9 Å². The predicted molar refractivity (Wildman–Crippen MR) is 53.6 cm³/mol. The van der Waals surface area contributed by atoms with Gasteiger partial charge in [0, 0.05) is 6.07 Å². The number of halogens is 1. The summed E-state index contributed by atoms with van der Waals surface area (Å²) in [6.07, 6.45) is -1.65. The molecule has 92 valence electrons. The number of aliphatic carboxylic acids is 1. The topological polar surface area (TPSA) is 127 Å². The maximum absolute atomic E-state index is 13.0. The number of benzene rings is 1. The van der Waals surface area contributed by atoms with Crippen molar-refractivity contribution in [3.05, 3.63) is 39.7 Å². The van der Waals surface area contributed by atoms with E-state index < -0.39 is 34.5 Å². The number of nitro groups is 1. The van der Waals surface area contributed by atoms with Crippen LogP contribution in [0.25, 0.3) is 0 Å². The number of aliphatic hydroxyl groups excluding tert-OH is 1. The monoisotopic (exact) mass is 244 g/mol. The van der Waals surface area contributed by atoms with Crippen molar-refractivity contribution in [1.82, 2.24) is 0 Å². The van der Waals surface area contributed by atoms with Crippen molar-refractivity contribution >= 4 is 11.7 Å². The van der Waals surface area contributed by atoms with Crippen LogP contribution in [0.3, 0.4) is 0 Å². The van der Waals surface area contributed by atoms with Crippen LogP contribution >= 0.6 is 0 Å². The maximum Gasteiger partial charge on any atom is 0.323 e. The molecule has 1 aromatic carbocycles. The quantitative estimate of drug-likeness (QED) is 0.512. The Kier molecular flexibility index (Phi) is 3.71. The van der Waals surface area contributed by atoms with Crippen molar-refractivity contribution in [2.45, 2.75) is 12.1 Å². The van der Waals surface area contributed by atoms with Gasteiger partial charge in [0.1, 0.15) is 12.1 Å². The Morgan fingerprint density at radius 1 is 1.53 bits per heavy atom. The largest absolute Gasteiger partial charge is 0.480 e. The molecule has 0 fully saturated rings. The first-order valence-corrected chi connectivity index (χ1v) is 4.45. The molecule has 4 N–H and O–H groups in total. The highest BCUT2D eigenvalue weighted by Gasteiger charge is 2.26. The summed E-state index contributed by atoms with van der Waals surface area (Å²) < 4.78 is 13.0. The van der Waals surface area contributed by atoms with Crippen LogP contribution in [0.15, 0.2) is 18.2 Å². The zero-order valence-corrected chi connectivity index (χ0v) is 8.41. The van der Waals surface area contributed by atoms with E-state index in [0.29, 0.717) is 0 Å². The van der Waals surface area contributed by atoms with Crippen molar-refractivity contribution in [3.8, 4) is 0 Å². The molecule has 0 radical (unpaired) electrons. The van der Waals surface area contributed by atoms with Crippen molar-refractivity contribution in [2.24, 2.45) is 5.73 Å². The van der Waals surface area contributed by atoms with E-state index in [1.807, 2.05) is 0 Å². The SMILES string of the molecule is N[C@H](C(=O)O)[C@H](O)c1ccc(F)c([N+](=O)[O-])c1. The number of carbonyl (C=O) groups is 1. The zero-order chi connectivity index (χ0) is 13.2. The summed E-state index contributed by atoms with van der Waals surface area (Å²) in [5.41, 5.74) is 4.16. The summed E-state index contributed by atoms with van der Waals surface area (Å²) in [5, 5.41) is 28.5. The van der Waals surface area contributed by atoms with E-state index >= 15 is 0 Å². The fourth-order valence-electron chi connectivity index (χ4n) is 1.20. The van der Waals surface area contributed by atoms with Crippen molar-refractivity contribution in [2.75, 3.05) is 0 Å². The highest BCUT2D eigenvalue weighted by molar-refractivity contribution is 5.74. The first kappa shape index (κ1) is 13.0. The Balaban J connectivity index is 3.11. The fraction of sp³-hybridized carbons (Fsp3) is 0.222. The van der Waals surface area contributed by atoms with E-state index in [-0.39, 0.29) is 5.56 Å². The van der Waals surface area contributed by atoms with Gasteiger partial charge in [0.05, 0.1) is 4.92 Å². The third-order valence-corrected chi connectivity index (χ3v) is 2.13. The molecule has 0 heterocycles. The molecule has 1 rings (SSSR count). The van der Waals surface area contributed by atoms with Crippen LogP contribution in [0.5, 0.6) is 0 Å². The normalized spacial score (nSPS) is 14.1. The molecule has 0 unspecified atom stereocenters. The molecule has 0 bridgehead atoms. The van der Waals surface area contributed by atoms with Crippen LogP contribution in [-0.4, -0.2) is 27.1 Å². The van der Waals surface area contributed by atoms with E-state index in [1.165, 1.54) is 0 Å². The number of aliphatic hydroxyl groups is 1. The van der Waals surface area contributed by atoms with Gasteiger partial charge in [-0.3, -0.25) is 14.9 Å². The first-order chi connectivity index (χ1) is 7.84. The maximum atomic E-state index is 13.0.